The summed E-state index contributed by atoms with van der Waals surface area (Å²) in [5, 5.41) is 0. The van der Waals surface area contributed by atoms with Crippen molar-refractivity contribution in [3.05, 3.63) is 59.9 Å². The Labute approximate surface area is 106 Å². The van der Waals surface area contributed by atoms with E-state index in [2.05, 4.69) is 0 Å². The summed E-state index contributed by atoms with van der Waals surface area (Å²) in [6.07, 6.45) is 0. The van der Waals surface area contributed by atoms with E-state index >= 15 is 0 Å². The number of hydrogen-bond acceptors (Lipinski definition) is 1. The van der Waals surface area contributed by atoms with Gasteiger partial charge in [-0.2, -0.15) is 0 Å². The first-order chi connectivity index (χ1) is 8.58. The van der Waals surface area contributed by atoms with Crippen molar-refractivity contribution < 1.29 is 9.18 Å². The van der Waals surface area contributed by atoms with Crippen LogP contribution in [0.1, 0.15) is 10.4 Å². The Balaban J connectivity index is 2.27. The van der Waals surface area contributed by atoms with Gasteiger partial charge in [0, 0.05) is 19.7 Å². The first-order valence-electron chi connectivity index (χ1n) is 5.65. The number of amides is 1. The van der Waals surface area contributed by atoms with E-state index in [4.69, 9.17) is 0 Å². The van der Waals surface area contributed by atoms with E-state index in [-0.39, 0.29) is 11.7 Å². The van der Waals surface area contributed by atoms with Crippen molar-refractivity contribution in [3.8, 4) is 11.1 Å². The molecule has 0 aliphatic heterocycles. The Bertz CT molecular complexity index is 544. The second kappa shape index (κ2) is 5.00. The van der Waals surface area contributed by atoms with Crippen LogP contribution < -0.4 is 0 Å². The number of hydrogen-bond donors (Lipinski definition) is 0. The van der Waals surface area contributed by atoms with Crippen LogP contribution in [0, 0.1) is 5.82 Å². The summed E-state index contributed by atoms with van der Waals surface area (Å²) >= 11 is 0. The molecular weight excluding hydrogens is 229 g/mol. The molecule has 0 spiro atoms. The molecule has 0 unspecified atom stereocenters. The van der Waals surface area contributed by atoms with Crippen LogP contribution in [0.5, 0.6) is 0 Å². The van der Waals surface area contributed by atoms with Gasteiger partial charge in [-0.05, 0) is 35.4 Å². The Morgan fingerprint density at radius 2 is 1.33 bits per heavy atom. The zero-order valence-electron chi connectivity index (χ0n) is 10.4. The molecule has 0 fully saturated rings. The Morgan fingerprint density at radius 1 is 0.889 bits per heavy atom. The van der Waals surface area contributed by atoms with E-state index in [0.29, 0.717) is 5.56 Å². The van der Waals surface area contributed by atoms with Gasteiger partial charge in [0.05, 0.1) is 0 Å². The number of nitrogens with zero attached hydrogens (tertiary/aromatic N) is 1. The third-order valence-corrected chi connectivity index (χ3v) is 2.72. The van der Waals surface area contributed by atoms with E-state index < -0.39 is 0 Å². The molecule has 1 amide bonds. The SMILES string of the molecule is CN(C)C(=O)c1ccc(-c2ccc(F)cc2)cc1. The standard InChI is InChI=1S/C15H14FNO/c1-17(2)15(18)13-5-3-11(4-6-13)12-7-9-14(16)10-8-12/h3-10H,1-2H3. The molecule has 18 heavy (non-hydrogen) atoms. The molecule has 0 aromatic heterocycles. The van der Waals surface area contributed by atoms with Gasteiger partial charge in [0.1, 0.15) is 5.82 Å². The maximum atomic E-state index is 12.8. The molecule has 0 saturated carbocycles. The molecule has 0 N–H and O–H groups in total. The number of carbonyl (C=O) groups excluding carboxylic acids is 1. The largest absolute Gasteiger partial charge is 0.345 e. The smallest absolute Gasteiger partial charge is 0.253 e. The summed E-state index contributed by atoms with van der Waals surface area (Å²) in [5.74, 6) is -0.279. The van der Waals surface area contributed by atoms with Crippen LogP contribution in [0.15, 0.2) is 48.5 Å². The quantitative estimate of drug-likeness (QED) is 0.793. The average molecular weight is 243 g/mol. The van der Waals surface area contributed by atoms with Gasteiger partial charge in [-0.3, -0.25) is 4.79 Å². The van der Waals surface area contributed by atoms with E-state index in [9.17, 15) is 9.18 Å². The fourth-order valence-corrected chi connectivity index (χ4v) is 1.71. The second-order valence-corrected chi connectivity index (χ2v) is 4.28. The highest BCUT2D eigenvalue weighted by molar-refractivity contribution is 5.94. The Hall–Kier alpha value is -2.16. The Morgan fingerprint density at radius 3 is 1.78 bits per heavy atom. The van der Waals surface area contributed by atoms with Crippen molar-refractivity contribution >= 4 is 5.91 Å². The number of benzene rings is 2. The van der Waals surface area contributed by atoms with E-state index in [0.717, 1.165) is 11.1 Å². The maximum absolute atomic E-state index is 12.8. The normalized spacial score (nSPS) is 10.2. The van der Waals surface area contributed by atoms with Crippen molar-refractivity contribution in [1.82, 2.24) is 4.90 Å². The van der Waals surface area contributed by atoms with Gasteiger partial charge in [0.25, 0.3) is 5.91 Å². The molecule has 0 heterocycles. The third-order valence-electron chi connectivity index (χ3n) is 2.72. The lowest BCUT2D eigenvalue weighted by molar-refractivity contribution is 0.0827. The molecule has 2 aromatic carbocycles. The highest BCUT2D eigenvalue weighted by atomic mass is 19.1. The van der Waals surface area contributed by atoms with Gasteiger partial charge in [0.2, 0.25) is 0 Å². The van der Waals surface area contributed by atoms with Gasteiger partial charge < -0.3 is 4.90 Å². The van der Waals surface area contributed by atoms with Crippen LogP contribution in [0.2, 0.25) is 0 Å². The maximum Gasteiger partial charge on any atom is 0.253 e. The minimum absolute atomic E-state index is 0.0272. The highest BCUT2D eigenvalue weighted by Crippen LogP contribution is 2.20. The van der Waals surface area contributed by atoms with Gasteiger partial charge in [0.15, 0.2) is 0 Å². The number of halogens is 1. The predicted molar refractivity (Wildman–Crippen MR) is 69.9 cm³/mol. The molecule has 2 aromatic rings. The molecule has 0 atom stereocenters. The van der Waals surface area contributed by atoms with Crippen molar-refractivity contribution in [2.75, 3.05) is 14.1 Å². The summed E-state index contributed by atoms with van der Waals surface area (Å²) in [6, 6.07) is 13.6. The molecular formula is C15H14FNO. The number of rotatable bonds is 2. The Kier molecular flexibility index (Phi) is 3.42. The summed E-state index contributed by atoms with van der Waals surface area (Å²) in [6.45, 7) is 0. The molecule has 0 aliphatic carbocycles. The van der Waals surface area contributed by atoms with Crippen LogP contribution in [0.3, 0.4) is 0 Å². The predicted octanol–water partition coefficient (Wildman–Crippen LogP) is 3.19. The van der Waals surface area contributed by atoms with E-state index in [1.54, 1.807) is 38.4 Å². The highest BCUT2D eigenvalue weighted by Gasteiger charge is 2.07. The molecule has 3 heteroatoms. The molecule has 0 bridgehead atoms. The van der Waals surface area contributed by atoms with Crippen LogP contribution in [-0.4, -0.2) is 24.9 Å². The molecule has 0 saturated heterocycles. The summed E-state index contributed by atoms with van der Waals surface area (Å²) in [5.41, 5.74) is 2.54. The van der Waals surface area contributed by atoms with Crippen LogP contribution >= 0.6 is 0 Å². The van der Waals surface area contributed by atoms with Gasteiger partial charge >= 0.3 is 0 Å². The molecule has 2 rings (SSSR count). The summed E-state index contributed by atoms with van der Waals surface area (Å²) < 4.78 is 12.8. The third kappa shape index (κ3) is 2.56. The first-order valence-corrected chi connectivity index (χ1v) is 5.65. The van der Waals surface area contributed by atoms with E-state index in [1.807, 2.05) is 12.1 Å². The molecule has 0 radical (unpaired) electrons. The lowest BCUT2D eigenvalue weighted by atomic mass is 10.0. The molecule has 92 valence electrons. The van der Waals surface area contributed by atoms with E-state index in [1.165, 1.54) is 17.0 Å². The summed E-state index contributed by atoms with van der Waals surface area (Å²) in [4.78, 5) is 13.2. The lowest BCUT2D eigenvalue weighted by Gasteiger charge is -2.10. The molecule has 0 aliphatic rings. The zero-order chi connectivity index (χ0) is 13.1. The second-order valence-electron chi connectivity index (χ2n) is 4.28. The average Bonchev–Trinajstić information content (AvgIpc) is 2.39. The van der Waals surface area contributed by atoms with Gasteiger partial charge in [-0.1, -0.05) is 24.3 Å². The molecule has 2 nitrogen and oxygen atoms in total. The zero-order valence-corrected chi connectivity index (χ0v) is 10.4. The van der Waals surface area contributed by atoms with Crippen LogP contribution in [0.4, 0.5) is 4.39 Å². The van der Waals surface area contributed by atoms with Crippen LogP contribution in [0.25, 0.3) is 11.1 Å². The summed E-state index contributed by atoms with van der Waals surface area (Å²) in [7, 11) is 3.44. The minimum atomic E-state index is -0.252. The van der Waals surface area contributed by atoms with Gasteiger partial charge in [-0.15, -0.1) is 0 Å². The van der Waals surface area contributed by atoms with Crippen molar-refractivity contribution in [1.29, 1.82) is 0 Å². The van der Waals surface area contributed by atoms with Gasteiger partial charge in [-0.25, -0.2) is 4.39 Å². The van der Waals surface area contributed by atoms with Crippen molar-refractivity contribution in [2.45, 2.75) is 0 Å². The number of carbonyl (C=O) groups is 1. The van der Waals surface area contributed by atoms with Crippen molar-refractivity contribution in [3.63, 3.8) is 0 Å². The van der Waals surface area contributed by atoms with Crippen LogP contribution in [-0.2, 0) is 0 Å². The first kappa shape index (κ1) is 12.3. The van der Waals surface area contributed by atoms with Crippen molar-refractivity contribution in [2.24, 2.45) is 0 Å². The lowest BCUT2D eigenvalue weighted by Crippen LogP contribution is -2.21. The fraction of sp³-hybridized carbons (Fsp3) is 0.133. The topological polar surface area (TPSA) is 20.3 Å². The monoisotopic (exact) mass is 243 g/mol. The minimum Gasteiger partial charge on any atom is -0.345 e. The fourth-order valence-electron chi connectivity index (χ4n) is 1.71.